The molecule has 1 aliphatic carbocycles. The number of amides is 1. The molecule has 4 heteroatoms. The Labute approximate surface area is 116 Å². The fourth-order valence-electron chi connectivity index (χ4n) is 3.54. The van der Waals surface area contributed by atoms with Gasteiger partial charge >= 0.3 is 0 Å². The first-order valence-corrected chi connectivity index (χ1v) is 7.86. The maximum absolute atomic E-state index is 12.7. The second kappa shape index (κ2) is 5.83. The average Bonchev–Trinajstić information content (AvgIpc) is 2.35. The van der Waals surface area contributed by atoms with E-state index in [1.165, 1.54) is 32.1 Å². The molecule has 1 saturated carbocycles. The van der Waals surface area contributed by atoms with E-state index in [0.717, 1.165) is 13.0 Å². The number of nitrogens with zero attached hydrogens (tertiary/aromatic N) is 1. The third kappa shape index (κ3) is 2.42. The van der Waals surface area contributed by atoms with Crippen LogP contribution in [0.4, 0.5) is 0 Å². The molecule has 1 N–H and O–H groups in total. The van der Waals surface area contributed by atoms with Gasteiger partial charge < -0.3 is 10.2 Å². The number of piperidine rings is 1. The van der Waals surface area contributed by atoms with Crippen molar-refractivity contribution in [3.8, 4) is 0 Å². The number of carbonyl (C=O) groups is 1. The van der Waals surface area contributed by atoms with Crippen LogP contribution in [-0.2, 0) is 4.79 Å². The Balaban J connectivity index is 2.18. The summed E-state index contributed by atoms with van der Waals surface area (Å²) in [6.45, 7) is 2.93. The Morgan fingerprint density at radius 1 is 1.44 bits per heavy atom. The minimum absolute atomic E-state index is 0.0447. The van der Waals surface area contributed by atoms with Gasteiger partial charge in [0.05, 0.1) is 0 Å². The van der Waals surface area contributed by atoms with Gasteiger partial charge in [-0.3, -0.25) is 4.79 Å². The summed E-state index contributed by atoms with van der Waals surface area (Å²) in [6, 6.07) is 0.388. The Morgan fingerprint density at radius 3 is 2.61 bits per heavy atom. The third-order valence-corrected chi connectivity index (χ3v) is 5.26. The smallest absolute Gasteiger partial charge is 0.226 e. The molecule has 1 spiro atoms. The second-order valence-corrected chi connectivity index (χ2v) is 6.34. The predicted molar refractivity (Wildman–Crippen MR) is 78.0 cm³/mol. The van der Waals surface area contributed by atoms with Crippen LogP contribution < -0.4 is 5.32 Å². The van der Waals surface area contributed by atoms with Gasteiger partial charge in [0.1, 0.15) is 0 Å². The van der Waals surface area contributed by atoms with Gasteiger partial charge in [-0.25, -0.2) is 0 Å². The fraction of sp³-hybridized carbons (Fsp3) is 0.929. The van der Waals surface area contributed by atoms with Crippen LogP contribution in [0.25, 0.3) is 0 Å². The molecule has 0 aromatic heterocycles. The minimum atomic E-state index is 0.0447. The summed E-state index contributed by atoms with van der Waals surface area (Å²) >= 11 is 4.30. The molecule has 2 fully saturated rings. The van der Waals surface area contributed by atoms with Crippen molar-refractivity contribution in [2.45, 2.75) is 57.0 Å². The summed E-state index contributed by atoms with van der Waals surface area (Å²) in [5.74, 6) is 1.02. The lowest BCUT2D eigenvalue weighted by Crippen LogP contribution is -2.65. The number of hydrogen-bond donors (Lipinski definition) is 2. The van der Waals surface area contributed by atoms with Crippen molar-refractivity contribution < 1.29 is 4.79 Å². The average molecular weight is 270 g/mol. The van der Waals surface area contributed by atoms with Crippen LogP contribution in [0.2, 0.25) is 0 Å². The van der Waals surface area contributed by atoms with E-state index in [0.29, 0.717) is 17.7 Å². The normalized spacial score (nSPS) is 27.9. The lowest BCUT2D eigenvalue weighted by molar-refractivity contribution is -0.154. The standard InChI is InChI=1S/C14H26N2OS/c1-11(10-18)13(17)16-12(9-15-2)5-3-6-14(16)7-4-8-14/h11-12,15,18H,3-10H2,1-2H3. The predicted octanol–water partition coefficient (Wildman–Crippen LogP) is 2.08. The van der Waals surface area contributed by atoms with Crippen LogP contribution in [0.5, 0.6) is 0 Å². The van der Waals surface area contributed by atoms with Gasteiger partial charge in [-0.05, 0) is 45.6 Å². The van der Waals surface area contributed by atoms with E-state index < -0.39 is 0 Å². The van der Waals surface area contributed by atoms with Crippen LogP contribution in [0.1, 0.15) is 45.4 Å². The summed E-state index contributed by atoms with van der Waals surface area (Å²) in [7, 11) is 1.98. The number of thiol groups is 1. The van der Waals surface area contributed by atoms with Crippen molar-refractivity contribution in [2.75, 3.05) is 19.3 Å². The molecule has 1 saturated heterocycles. The Kier molecular flexibility index (Phi) is 4.59. The van der Waals surface area contributed by atoms with Crippen molar-refractivity contribution >= 4 is 18.5 Å². The topological polar surface area (TPSA) is 32.3 Å². The van der Waals surface area contributed by atoms with Crippen molar-refractivity contribution in [3.05, 3.63) is 0 Å². The lowest BCUT2D eigenvalue weighted by atomic mass is 9.68. The number of nitrogens with one attached hydrogen (secondary N) is 1. The second-order valence-electron chi connectivity index (χ2n) is 5.97. The first-order valence-electron chi connectivity index (χ1n) is 7.23. The van der Waals surface area contributed by atoms with Crippen LogP contribution >= 0.6 is 12.6 Å². The van der Waals surface area contributed by atoms with Gasteiger partial charge in [-0.1, -0.05) is 6.92 Å². The summed E-state index contributed by atoms with van der Waals surface area (Å²) in [5.41, 5.74) is 0.202. The van der Waals surface area contributed by atoms with Crippen LogP contribution in [0, 0.1) is 5.92 Å². The highest BCUT2D eigenvalue weighted by molar-refractivity contribution is 7.80. The van der Waals surface area contributed by atoms with Crippen LogP contribution in [0.3, 0.4) is 0 Å². The van der Waals surface area contributed by atoms with Crippen LogP contribution in [0.15, 0.2) is 0 Å². The van der Waals surface area contributed by atoms with Crippen molar-refractivity contribution in [2.24, 2.45) is 5.92 Å². The number of likely N-dealkylation sites (N-methyl/N-ethyl adjacent to an activating group) is 1. The highest BCUT2D eigenvalue weighted by Gasteiger charge is 2.49. The molecule has 104 valence electrons. The zero-order valence-corrected chi connectivity index (χ0v) is 12.5. The molecule has 2 rings (SSSR count). The first kappa shape index (κ1) is 14.2. The summed E-state index contributed by atoms with van der Waals surface area (Å²) in [6.07, 6.45) is 7.32. The molecule has 18 heavy (non-hydrogen) atoms. The Morgan fingerprint density at radius 2 is 2.11 bits per heavy atom. The largest absolute Gasteiger partial charge is 0.333 e. The van der Waals surface area contributed by atoms with Crippen molar-refractivity contribution in [3.63, 3.8) is 0 Å². The SMILES string of the molecule is CNCC1CCCC2(CCC2)N1C(=O)C(C)CS. The van der Waals surface area contributed by atoms with E-state index >= 15 is 0 Å². The molecule has 1 amide bonds. The number of carbonyl (C=O) groups excluding carboxylic acids is 1. The van der Waals surface area contributed by atoms with Crippen molar-refractivity contribution in [1.82, 2.24) is 10.2 Å². The number of likely N-dealkylation sites (tertiary alicyclic amines) is 1. The summed E-state index contributed by atoms with van der Waals surface area (Å²) in [5, 5.41) is 3.25. The Bertz CT molecular complexity index is 302. The molecule has 1 heterocycles. The molecule has 2 unspecified atom stereocenters. The molecular weight excluding hydrogens is 244 g/mol. The summed E-state index contributed by atoms with van der Waals surface area (Å²) in [4.78, 5) is 14.9. The van der Waals surface area contributed by atoms with Gasteiger partial charge in [-0.15, -0.1) is 0 Å². The monoisotopic (exact) mass is 270 g/mol. The van der Waals surface area contributed by atoms with E-state index in [1.54, 1.807) is 0 Å². The third-order valence-electron chi connectivity index (χ3n) is 4.71. The summed E-state index contributed by atoms with van der Waals surface area (Å²) < 4.78 is 0. The number of rotatable bonds is 4. The number of hydrogen-bond acceptors (Lipinski definition) is 3. The molecule has 0 aromatic rings. The van der Waals surface area contributed by atoms with Gasteiger partial charge in [0.2, 0.25) is 5.91 Å². The highest BCUT2D eigenvalue weighted by Crippen LogP contribution is 2.46. The van der Waals surface area contributed by atoms with Gasteiger partial charge in [0, 0.05) is 29.8 Å². The van der Waals surface area contributed by atoms with Gasteiger partial charge in [0.25, 0.3) is 0 Å². The maximum Gasteiger partial charge on any atom is 0.226 e. The van der Waals surface area contributed by atoms with E-state index in [4.69, 9.17) is 0 Å². The molecule has 0 aromatic carbocycles. The van der Waals surface area contributed by atoms with Crippen LogP contribution in [-0.4, -0.2) is 41.7 Å². The molecule has 0 bridgehead atoms. The quantitative estimate of drug-likeness (QED) is 0.767. The highest BCUT2D eigenvalue weighted by atomic mass is 32.1. The minimum Gasteiger partial charge on any atom is -0.333 e. The van der Waals surface area contributed by atoms with Gasteiger partial charge in [-0.2, -0.15) is 12.6 Å². The van der Waals surface area contributed by atoms with E-state index in [-0.39, 0.29) is 11.5 Å². The molecule has 2 atom stereocenters. The van der Waals surface area contributed by atoms with E-state index in [9.17, 15) is 4.79 Å². The fourth-order valence-corrected chi connectivity index (χ4v) is 3.69. The lowest BCUT2D eigenvalue weighted by Gasteiger charge is -2.57. The zero-order valence-electron chi connectivity index (χ0n) is 11.6. The van der Waals surface area contributed by atoms with Crippen molar-refractivity contribution in [1.29, 1.82) is 0 Å². The Hall–Kier alpha value is -0.220. The van der Waals surface area contributed by atoms with E-state index in [2.05, 4.69) is 22.8 Å². The van der Waals surface area contributed by atoms with Gasteiger partial charge in [0.15, 0.2) is 0 Å². The first-order chi connectivity index (χ1) is 8.64. The molecule has 0 radical (unpaired) electrons. The molecule has 3 nitrogen and oxygen atoms in total. The maximum atomic E-state index is 12.7. The molecular formula is C14H26N2OS. The zero-order chi connectivity index (χ0) is 13.2. The van der Waals surface area contributed by atoms with E-state index in [1.807, 2.05) is 14.0 Å². The molecule has 2 aliphatic rings. The molecule has 1 aliphatic heterocycles.